The summed E-state index contributed by atoms with van der Waals surface area (Å²) in [7, 11) is 0. The summed E-state index contributed by atoms with van der Waals surface area (Å²) in [6, 6.07) is 0. The molecule has 1 aromatic rings. The normalized spacial score (nSPS) is 7.65. The first-order chi connectivity index (χ1) is 15.9. The zero-order valence-corrected chi connectivity index (χ0v) is 21.6. The summed E-state index contributed by atoms with van der Waals surface area (Å²) in [5.74, 6) is -7.34. The van der Waals surface area contributed by atoms with Gasteiger partial charge in [0.05, 0.1) is 0 Å². The van der Waals surface area contributed by atoms with E-state index in [0.717, 1.165) is 34.7 Å². The Kier molecular flexibility index (Phi) is 46.7. The molecule has 1 heterocycles. The first kappa shape index (κ1) is 45.1. The summed E-state index contributed by atoms with van der Waals surface area (Å²) < 4.78 is 16.4. The van der Waals surface area contributed by atoms with Gasteiger partial charge in [0.2, 0.25) is 0 Å². The van der Waals surface area contributed by atoms with Gasteiger partial charge in [-0.2, -0.15) is 26.2 Å². The third-order valence-corrected chi connectivity index (χ3v) is 1.71. The quantitative estimate of drug-likeness (QED) is 0.408. The molecule has 1 aromatic heterocycles. The summed E-state index contributed by atoms with van der Waals surface area (Å²) in [6.45, 7) is 9.17. The van der Waals surface area contributed by atoms with E-state index < -0.39 is 46.7 Å². The van der Waals surface area contributed by atoms with Gasteiger partial charge in [-0.15, -0.1) is 0 Å². The number of carboxylic acid groups (broad SMARTS) is 4. The van der Waals surface area contributed by atoms with E-state index >= 15 is 0 Å². The van der Waals surface area contributed by atoms with Crippen LogP contribution >= 0.6 is 0 Å². The van der Waals surface area contributed by atoms with Crippen LogP contribution in [0.3, 0.4) is 0 Å². The van der Waals surface area contributed by atoms with Gasteiger partial charge in [0.1, 0.15) is 0 Å². The van der Waals surface area contributed by atoms with E-state index in [2.05, 4.69) is 9.97 Å². The van der Waals surface area contributed by atoms with Gasteiger partial charge in [0.15, 0.2) is 22.8 Å². The Balaban J connectivity index is -0.000000101. The Labute approximate surface area is 214 Å². The summed E-state index contributed by atoms with van der Waals surface area (Å²) in [5, 5.41) is 34.6. The number of carbonyl (C=O) groups is 4. The van der Waals surface area contributed by atoms with Crippen molar-refractivity contribution in [2.45, 2.75) is 27.7 Å². The van der Waals surface area contributed by atoms with Crippen LogP contribution in [0.25, 0.3) is 22.9 Å². The van der Waals surface area contributed by atoms with Crippen molar-refractivity contribution in [1.29, 1.82) is 0 Å². The van der Waals surface area contributed by atoms with E-state index in [9.17, 15) is 19.2 Å². The fraction of sp³-hybridized carbons (Fsp3) is 0.500. The zero-order chi connectivity index (χ0) is 28.9. The molecule has 0 unspecified atom stereocenters. The molecular weight excluding hydrogens is 538 g/mol. The van der Waals surface area contributed by atoms with E-state index in [1.807, 2.05) is 0 Å². The molecule has 0 amide bonds. The molecule has 0 radical (unpaired) electrons. The molecule has 0 aliphatic rings. The molecule has 0 saturated heterocycles. The predicted octanol–water partition coefficient (Wildman–Crippen LogP) is 3.26. The molecule has 192 valence electrons. The maximum absolute atomic E-state index is 10.7. The van der Waals surface area contributed by atoms with Gasteiger partial charge in [-0.25, -0.2) is 29.1 Å². The fourth-order valence-electron chi connectivity index (χ4n) is 1.03. The maximum atomic E-state index is 10.7. The standard InChI is InChI=1S/C8H4N2O8.4C2H6N.2O.2V/c11-5(12)1-2(6(13)14)10-4(8(17)18)3(9-1)7(15)16;4*1-2-3;;;;/h(H,11,12)(H,13,14)(H,15,16)(H,17,18);4*3H,2H2,1H3;;;;/q;4*-1;;;2*+2. The molecule has 0 aliphatic heterocycles. The van der Waals surface area contributed by atoms with Crippen LogP contribution in [0.1, 0.15) is 69.6 Å². The summed E-state index contributed by atoms with van der Waals surface area (Å²) in [5.41, 5.74) is 20.2. The van der Waals surface area contributed by atoms with Crippen molar-refractivity contribution in [3.63, 3.8) is 0 Å². The first-order valence-electron chi connectivity index (χ1n) is 8.71. The number of nitrogens with one attached hydrogen (secondary N) is 4. The second kappa shape index (κ2) is 35.2. The van der Waals surface area contributed by atoms with E-state index in [4.69, 9.17) is 50.7 Å². The van der Waals surface area contributed by atoms with Crippen LogP contribution < -0.4 is 0 Å². The average molecular weight is 566 g/mol. The van der Waals surface area contributed by atoms with Crippen LogP contribution in [-0.4, -0.2) is 80.5 Å². The predicted molar refractivity (Wildman–Crippen MR) is 111 cm³/mol. The van der Waals surface area contributed by atoms with Gasteiger partial charge >= 0.3 is 66.0 Å². The van der Waals surface area contributed by atoms with E-state index in [1.165, 1.54) is 0 Å². The van der Waals surface area contributed by atoms with Crippen molar-refractivity contribution in [3.8, 4) is 0 Å². The molecule has 0 aromatic carbocycles. The topological polar surface area (TPSA) is 304 Å². The molecule has 0 saturated carbocycles. The second-order valence-corrected chi connectivity index (χ2v) is 4.25. The Hall–Kier alpha value is -2.43. The molecular formula is C16H28N6O10V2. The van der Waals surface area contributed by atoms with Crippen molar-refractivity contribution in [2.24, 2.45) is 0 Å². The number of aromatic carboxylic acids is 4. The third kappa shape index (κ3) is 27.6. The van der Waals surface area contributed by atoms with Gasteiger partial charge in [-0.1, -0.05) is 27.7 Å². The number of hydrogen-bond acceptors (Lipinski definition) is 8. The molecule has 34 heavy (non-hydrogen) atoms. The minimum absolute atomic E-state index is 0.500. The Morgan fingerprint density at radius 3 is 0.676 bits per heavy atom. The van der Waals surface area contributed by atoms with Gasteiger partial charge in [-0.05, 0) is 0 Å². The Morgan fingerprint density at radius 2 is 0.618 bits per heavy atom. The third-order valence-electron chi connectivity index (χ3n) is 1.71. The number of nitrogens with zero attached hydrogens (tertiary/aromatic N) is 2. The van der Waals surface area contributed by atoms with Crippen molar-refractivity contribution >= 4 is 23.9 Å². The molecule has 0 atom stereocenters. The van der Waals surface area contributed by atoms with Gasteiger partial charge in [-0.3, -0.25) is 0 Å². The summed E-state index contributed by atoms with van der Waals surface area (Å²) in [6.07, 6.45) is 0. The molecule has 0 aliphatic carbocycles. The second-order valence-electron chi connectivity index (χ2n) is 4.25. The molecule has 18 heteroatoms. The van der Waals surface area contributed by atoms with Crippen LogP contribution in [0.5, 0.6) is 0 Å². The number of rotatable bonds is 4. The van der Waals surface area contributed by atoms with Crippen molar-refractivity contribution < 1.29 is 81.7 Å². The van der Waals surface area contributed by atoms with E-state index in [1.54, 1.807) is 27.7 Å². The SMILES string of the molecule is CC[NH-].CC[NH-].CC[NH-].CC[NH-].O=C(O)c1nc(C(=O)O)c(C(=O)O)nc1C(=O)O.[O]=[V+2].[O]=[V+2]. The zero-order valence-electron chi connectivity index (χ0n) is 18.9. The Bertz CT molecular complexity index is 590. The average Bonchev–Trinajstić information content (AvgIpc) is 2.77. The van der Waals surface area contributed by atoms with E-state index in [0.29, 0.717) is 26.2 Å². The van der Waals surface area contributed by atoms with Crippen molar-refractivity contribution in [3.05, 3.63) is 45.7 Å². The van der Waals surface area contributed by atoms with Crippen molar-refractivity contribution in [2.75, 3.05) is 26.2 Å². The van der Waals surface area contributed by atoms with Gasteiger partial charge < -0.3 is 43.4 Å². The van der Waals surface area contributed by atoms with Crippen LogP contribution in [-0.2, 0) is 42.1 Å². The number of hydrogen-bond donors (Lipinski definition) is 4. The molecule has 8 N–H and O–H groups in total. The molecule has 0 spiro atoms. The van der Waals surface area contributed by atoms with E-state index in [-0.39, 0.29) is 0 Å². The van der Waals surface area contributed by atoms with Gasteiger partial charge in [0.25, 0.3) is 0 Å². The molecule has 0 bridgehead atoms. The molecule has 1 rings (SSSR count). The van der Waals surface area contributed by atoms with Crippen LogP contribution in [0.2, 0.25) is 0 Å². The molecule has 16 nitrogen and oxygen atoms in total. The Morgan fingerprint density at radius 1 is 0.529 bits per heavy atom. The number of carboxylic acids is 4. The fourth-order valence-corrected chi connectivity index (χ4v) is 1.03. The van der Waals surface area contributed by atoms with Crippen molar-refractivity contribution in [1.82, 2.24) is 9.97 Å². The first-order valence-corrected chi connectivity index (χ1v) is 9.85. The van der Waals surface area contributed by atoms with Crippen LogP contribution in [0, 0.1) is 0 Å². The monoisotopic (exact) mass is 566 g/mol. The van der Waals surface area contributed by atoms with Gasteiger partial charge in [0, 0.05) is 0 Å². The summed E-state index contributed by atoms with van der Waals surface area (Å²) in [4.78, 5) is 48.7. The van der Waals surface area contributed by atoms with Crippen LogP contribution in [0.4, 0.5) is 0 Å². The van der Waals surface area contributed by atoms with Crippen LogP contribution in [0.15, 0.2) is 0 Å². The minimum atomic E-state index is -1.83. The summed E-state index contributed by atoms with van der Waals surface area (Å²) >= 11 is 2.12. The number of aromatic nitrogens is 2. The molecule has 0 fully saturated rings.